The Hall–Kier alpha value is -0.220. The normalized spacial score (nSPS) is 22.3. The van der Waals surface area contributed by atoms with Crippen molar-refractivity contribution in [2.45, 2.75) is 44.7 Å². The van der Waals surface area contributed by atoms with E-state index in [9.17, 15) is 0 Å². The van der Waals surface area contributed by atoms with E-state index in [0.717, 1.165) is 31.8 Å². The van der Waals surface area contributed by atoms with E-state index >= 15 is 0 Å². The Morgan fingerprint density at radius 1 is 1.40 bits per heavy atom. The highest BCUT2D eigenvalue weighted by atomic mass is 35.5. The van der Waals surface area contributed by atoms with Gasteiger partial charge in [-0.2, -0.15) is 0 Å². The topological polar surface area (TPSA) is 29.3 Å². The highest BCUT2D eigenvalue weighted by Crippen LogP contribution is 2.29. The van der Waals surface area contributed by atoms with Gasteiger partial charge in [-0.25, -0.2) is 0 Å². The molecule has 4 heteroatoms. The average Bonchev–Trinajstić information content (AvgIpc) is 2.34. The first-order valence-corrected chi connectivity index (χ1v) is 8.19. The molecular weight excluding hydrogens is 288 g/mol. The van der Waals surface area contributed by atoms with Crippen molar-refractivity contribution in [3.8, 4) is 0 Å². The summed E-state index contributed by atoms with van der Waals surface area (Å²) in [7, 11) is 0. The Bertz CT molecular complexity index is 423. The first kappa shape index (κ1) is 17.8. The minimum atomic E-state index is 0. The Kier molecular flexibility index (Phi) is 6.86. The van der Waals surface area contributed by atoms with E-state index in [2.05, 4.69) is 49.9 Å². The zero-order valence-corrected chi connectivity index (χ0v) is 14.4. The third kappa shape index (κ3) is 4.66. The Balaban J connectivity index is 0.00000200. The maximum atomic E-state index is 6.20. The van der Waals surface area contributed by atoms with E-state index in [1.807, 2.05) is 11.8 Å². The monoisotopic (exact) mass is 314 g/mol. The SMILES string of the molecule is CCSc1cccc(CN2CCC(N)C(C)(C)C2)c1.Cl. The summed E-state index contributed by atoms with van der Waals surface area (Å²) in [4.78, 5) is 3.92. The van der Waals surface area contributed by atoms with Crippen LogP contribution in [0.4, 0.5) is 0 Å². The van der Waals surface area contributed by atoms with Gasteiger partial charge in [0.1, 0.15) is 0 Å². The summed E-state index contributed by atoms with van der Waals surface area (Å²) in [5.41, 5.74) is 7.85. The van der Waals surface area contributed by atoms with E-state index in [-0.39, 0.29) is 17.8 Å². The molecule has 1 saturated heterocycles. The van der Waals surface area contributed by atoms with Crippen molar-refractivity contribution in [1.82, 2.24) is 4.90 Å². The van der Waals surface area contributed by atoms with Crippen molar-refractivity contribution in [3.05, 3.63) is 29.8 Å². The third-order valence-electron chi connectivity index (χ3n) is 4.01. The van der Waals surface area contributed by atoms with Gasteiger partial charge in [0.15, 0.2) is 0 Å². The maximum absolute atomic E-state index is 6.20. The number of halogens is 1. The van der Waals surface area contributed by atoms with Crippen molar-refractivity contribution in [2.24, 2.45) is 11.1 Å². The number of rotatable bonds is 4. The fourth-order valence-corrected chi connectivity index (χ4v) is 3.52. The summed E-state index contributed by atoms with van der Waals surface area (Å²) in [6.07, 6.45) is 1.11. The average molecular weight is 315 g/mol. The van der Waals surface area contributed by atoms with Crippen molar-refractivity contribution in [3.63, 3.8) is 0 Å². The minimum Gasteiger partial charge on any atom is -0.327 e. The summed E-state index contributed by atoms with van der Waals surface area (Å²) in [5, 5.41) is 0. The van der Waals surface area contributed by atoms with Crippen LogP contribution in [0.25, 0.3) is 0 Å². The molecule has 114 valence electrons. The van der Waals surface area contributed by atoms with Crippen molar-refractivity contribution < 1.29 is 0 Å². The van der Waals surface area contributed by atoms with Gasteiger partial charge in [-0.05, 0) is 35.3 Å². The van der Waals surface area contributed by atoms with E-state index in [0.29, 0.717) is 6.04 Å². The number of benzene rings is 1. The lowest BCUT2D eigenvalue weighted by molar-refractivity contribution is 0.0898. The summed E-state index contributed by atoms with van der Waals surface area (Å²) in [6, 6.07) is 9.28. The molecule has 0 amide bonds. The molecule has 1 fully saturated rings. The number of nitrogens with two attached hydrogens (primary N) is 1. The highest BCUT2D eigenvalue weighted by molar-refractivity contribution is 7.99. The third-order valence-corrected chi connectivity index (χ3v) is 4.88. The summed E-state index contributed by atoms with van der Waals surface area (Å²) < 4.78 is 0. The van der Waals surface area contributed by atoms with Gasteiger partial charge < -0.3 is 5.73 Å². The Labute approximate surface area is 133 Å². The molecule has 0 radical (unpaired) electrons. The lowest BCUT2D eigenvalue weighted by Gasteiger charge is -2.42. The second-order valence-electron chi connectivity index (χ2n) is 6.17. The maximum Gasteiger partial charge on any atom is 0.0234 e. The number of hydrogen-bond acceptors (Lipinski definition) is 3. The van der Waals surface area contributed by atoms with Crippen LogP contribution in [0.5, 0.6) is 0 Å². The van der Waals surface area contributed by atoms with Crippen LogP contribution in [0.2, 0.25) is 0 Å². The van der Waals surface area contributed by atoms with Crippen molar-refractivity contribution in [1.29, 1.82) is 0 Å². The highest BCUT2D eigenvalue weighted by Gasteiger charge is 2.33. The summed E-state index contributed by atoms with van der Waals surface area (Å²) >= 11 is 1.91. The van der Waals surface area contributed by atoms with E-state index < -0.39 is 0 Å². The van der Waals surface area contributed by atoms with Crippen LogP contribution >= 0.6 is 24.2 Å². The lowest BCUT2D eigenvalue weighted by atomic mass is 9.79. The first-order chi connectivity index (χ1) is 9.01. The number of thioether (sulfide) groups is 1. The number of nitrogens with zero attached hydrogens (tertiary/aromatic N) is 1. The van der Waals surface area contributed by atoms with E-state index in [1.54, 1.807) is 0 Å². The number of hydrogen-bond donors (Lipinski definition) is 1. The summed E-state index contributed by atoms with van der Waals surface area (Å²) in [6.45, 7) is 10.0. The molecule has 0 saturated carbocycles. The molecule has 1 aliphatic rings. The summed E-state index contributed by atoms with van der Waals surface area (Å²) in [5.74, 6) is 1.13. The predicted molar refractivity (Wildman–Crippen MR) is 91.7 cm³/mol. The molecule has 0 spiro atoms. The molecule has 20 heavy (non-hydrogen) atoms. The van der Waals surface area contributed by atoms with Gasteiger partial charge >= 0.3 is 0 Å². The number of likely N-dealkylation sites (tertiary alicyclic amines) is 1. The minimum absolute atomic E-state index is 0. The second kappa shape index (κ2) is 7.69. The fraction of sp³-hybridized carbons (Fsp3) is 0.625. The number of piperidine rings is 1. The van der Waals surface area contributed by atoms with Crippen LogP contribution in [0, 0.1) is 5.41 Å². The molecule has 0 aliphatic carbocycles. The van der Waals surface area contributed by atoms with Crippen LogP contribution in [0.3, 0.4) is 0 Å². The van der Waals surface area contributed by atoms with Gasteiger partial charge in [0, 0.05) is 30.6 Å². The van der Waals surface area contributed by atoms with Gasteiger partial charge in [0.2, 0.25) is 0 Å². The molecule has 1 aromatic rings. The first-order valence-electron chi connectivity index (χ1n) is 7.21. The molecule has 1 aliphatic heterocycles. The van der Waals surface area contributed by atoms with Gasteiger partial charge in [0.25, 0.3) is 0 Å². The van der Waals surface area contributed by atoms with Crippen LogP contribution in [0.1, 0.15) is 32.8 Å². The molecule has 2 nitrogen and oxygen atoms in total. The van der Waals surface area contributed by atoms with Gasteiger partial charge in [-0.1, -0.05) is 32.9 Å². The van der Waals surface area contributed by atoms with E-state index in [4.69, 9.17) is 5.73 Å². The molecule has 1 heterocycles. The van der Waals surface area contributed by atoms with Crippen LogP contribution in [-0.2, 0) is 6.54 Å². The van der Waals surface area contributed by atoms with Crippen molar-refractivity contribution in [2.75, 3.05) is 18.8 Å². The van der Waals surface area contributed by atoms with Gasteiger partial charge in [0.05, 0.1) is 0 Å². The molecule has 1 unspecified atom stereocenters. The van der Waals surface area contributed by atoms with E-state index in [1.165, 1.54) is 10.5 Å². The molecule has 1 atom stereocenters. The fourth-order valence-electron chi connectivity index (χ4n) is 2.78. The zero-order chi connectivity index (χ0) is 13.9. The molecule has 2 rings (SSSR count). The molecule has 1 aromatic carbocycles. The predicted octanol–water partition coefficient (Wildman–Crippen LogP) is 3.78. The largest absolute Gasteiger partial charge is 0.327 e. The Morgan fingerprint density at radius 3 is 2.80 bits per heavy atom. The molecule has 0 bridgehead atoms. The van der Waals surface area contributed by atoms with Crippen molar-refractivity contribution >= 4 is 24.2 Å². The van der Waals surface area contributed by atoms with Crippen LogP contribution in [-0.4, -0.2) is 29.8 Å². The van der Waals surface area contributed by atoms with Crippen LogP contribution in [0.15, 0.2) is 29.2 Å². The standard InChI is InChI=1S/C16H26N2S.ClH/c1-4-19-14-7-5-6-13(10-14)11-18-9-8-15(17)16(2,3)12-18;/h5-7,10,15H,4,8-9,11-12,17H2,1-3H3;1H. The van der Waals surface area contributed by atoms with Crippen LogP contribution < -0.4 is 5.73 Å². The molecule has 2 N–H and O–H groups in total. The quantitative estimate of drug-likeness (QED) is 0.858. The van der Waals surface area contributed by atoms with Gasteiger partial charge in [-0.3, -0.25) is 4.90 Å². The lowest BCUT2D eigenvalue weighted by Crippen LogP contribution is -2.52. The molecular formula is C16H27ClN2S. The Morgan fingerprint density at radius 2 is 2.15 bits per heavy atom. The zero-order valence-electron chi connectivity index (χ0n) is 12.8. The second-order valence-corrected chi connectivity index (χ2v) is 7.51. The smallest absolute Gasteiger partial charge is 0.0234 e. The molecule has 0 aromatic heterocycles. The van der Waals surface area contributed by atoms with Gasteiger partial charge in [-0.15, -0.1) is 24.2 Å².